The van der Waals surface area contributed by atoms with Crippen LogP contribution in [0.15, 0.2) is 22.2 Å². The lowest BCUT2D eigenvalue weighted by Gasteiger charge is -2.11. The summed E-state index contributed by atoms with van der Waals surface area (Å²) in [4.78, 5) is 11.9. The Morgan fingerprint density at radius 2 is 1.95 bits per heavy atom. The van der Waals surface area contributed by atoms with E-state index in [2.05, 4.69) is 21.2 Å². The molecule has 0 fully saturated rings. The van der Waals surface area contributed by atoms with Gasteiger partial charge in [-0.05, 0) is 41.9 Å². The molecule has 0 heterocycles. The van der Waals surface area contributed by atoms with Gasteiger partial charge < -0.3 is 14.8 Å². The quantitative estimate of drug-likeness (QED) is 0.653. The van der Waals surface area contributed by atoms with Crippen LogP contribution in [0.5, 0.6) is 11.5 Å². The fourth-order valence-electron chi connectivity index (χ4n) is 1.64. The standard InChI is InChI=1S/C15H17BrN2O3/c1-9(2)18-15(19)11(8-17)5-10-6-12(16)14(21-4)7-13(10)20-3/h5-7,9H,1-4H3,(H,18,19)/b11-5-. The molecule has 0 radical (unpaired) electrons. The summed E-state index contributed by atoms with van der Waals surface area (Å²) in [5.74, 6) is 0.704. The topological polar surface area (TPSA) is 71.3 Å². The van der Waals surface area contributed by atoms with Gasteiger partial charge in [0.2, 0.25) is 0 Å². The number of benzene rings is 1. The van der Waals surface area contributed by atoms with Crippen molar-refractivity contribution in [2.45, 2.75) is 19.9 Å². The fraction of sp³-hybridized carbons (Fsp3) is 0.333. The molecule has 0 atom stereocenters. The van der Waals surface area contributed by atoms with E-state index in [0.717, 1.165) is 0 Å². The maximum atomic E-state index is 11.9. The Bertz CT molecular complexity index is 604. The average Bonchev–Trinajstić information content (AvgIpc) is 2.43. The van der Waals surface area contributed by atoms with Crippen LogP contribution in [0.3, 0.4) is 0 Å². The average molecular weight is 353 g/mol. The zero-order valence-electron chi connectivity index (χ0n) is 12.4. The lowest BCUT2D eigenvalue weighted by atomic mass is 10.1. The fourth-order valence-corrected chi connectivity index (χ4v) is 2.16. The molecule has 1 amide bonds. The number of nitrogens with one attached hydrogen (secondary N) is 1. The third kappa shape index (κ3) is 4.50. The van der Waals surface area contributed by atoms with Crippen molar-refractivity contribution >= 4 is 27.9 Å². The Morgan fingerprint density at radius 1 is 1.33 bits per heavy atom. The van der Waals surface area contributed by atoms with Crippen molar-refractivity contribution in [2.24, 2.45) is 0 Å². The molecule has 1 rings (SSSR count). The zero-order valence-corrected chi connectivity index (χ0v) is 13.9. The first-order valence-electron chi connectivity index (χ1n) is 6.27. The number of carbonyl (C=O) groups is 1. The van der Waals surface area contributed by atoms with Crippen molar-refractivity contribution in [1.82, 2.24) is 5.32 Å². The second-order valence-electron chi connectivity index (χ2n) is 4.53. The summed E-state index contributed by atoms with van der Waals surface area (Å²) in [6.45, 7) is 3.66. The van der Waals surface area contributed by atoms with E-state index in [9.17, 15) is 4.79 Å². The summed E-state index contributed by atoms with van der Waals surface area (Å²) in [7, 11) is 3.06. The lowest BCUT2D eigenvalue weighted by Crippen LogP contribution is -2.30. The summed E-state index contributed by atoms with van der Waals surface area (Å²) in [5.41, 5.74) is 0.625. The van der Waals surface area contributed by atoms with Gasteiger partial charge in [0.25, 0.3) is 5.91 Å². The van der Waals surface area contributed by atoms with E-state index < -0.39 is 5.91 Å². The van der Waals surface area contributed by atoms with Gasteiger partial charge in [-0.2, -0.15) is 5.26 Å². The molecule has 0 aliphatic rings. The summed E-state index contributed by atoms with van der Waals surface area (Å²) < 4.78 is 11.2. The molecule has 0 saturated heterocycles. The molecule has 1 N–H and O–H groups in total. The van der Waals surface area contributed by atoms with Crippen LogP contribution >= 0.6 is 15.9 Å². The van der Waals surface area contributed by atoms with Crippen LogP contribution in [0.1, 0.15) is 19.4 Å². The van der Waals surface area contributed by atoms with Crippen LogP contribution < -0.4 is 14.8 Å². The second-order valence-corrected chi connectivity index (χ2v) is 5.38. The molecule has 112 valence electrons. The molecule has 1 aromatic carbocycles. The molecule has 0 bridgehead atoms. The van der Waals surface area contributed by atoms with E-state index >= 15 is 0 Å². The van der Waals surface area contributed by atoms with Crippen LogP contribution in [-0.2, 0) is 4.79 Å². The van der Waals surface area contributed by atoms with Crippen molar-refractivity contribution < 1.29 is 14.3 Å². The normalized spacial score (nSPS) is 11.0. The van der Waals surface area contributed by atoms with Crippen LogP contribution in [0, 0.1) is 11.3 Å². The number of methoxy groups -OCH3 is 2. The minimum absolute atomic E-state index is 0.0130. The molecule has 0 aromatic heterocycles. The first kappa shape index (κ1) is 17.1. The van der Waals surface area contributed by atoms with E-state index in [1.54, 1.807) is 19.2 Å². The summed E-state index contributed by atoms with van der Waals surface area (Å²) in [6, 6.07) is 5.28. The van der Waals surface area contributed by atoms with Gasteiger partial charge in [0.15, 0.2) is 0 Å². The van der Waals surface area contributed by atoms with Crippen molar-refractivity contribution in [3.05, 3.63) is 27.7 Å². The number of amides is 1. The Morgan fingerprint density at radius 3 is 2.43 bits per heavy atom. The Kier molecular flexibility index (Phi) is 6.25. The molecule has 0 aliphatic heterocycles. The first-order valence-corrected chi connectivity index (χ1v) is 7.06. The maximum Gasteiger partial charge on any atom is 0.262 e. The van der Waals surface area contributed by atoms with Crippen molar-refractivity contribution in [2.75, 3.05) is 14.2 Å². The summed E-state index contributed by atoms with van der Waals surface area (Å²) in [6.07, 6.45) is 1.49. The number of rotatable bonds is 5. The molecule has 0 aliphatic carbocycles. The summed E-state index contributed by atoms with van der Waals surface area (Å²) in [5, 5.41) is 11.8. The Labute approximate surface area is 132 Å². The molecule has 0 spiro atoms. The molecule has 1 aromatic rings. The highest BCUT2D eigenvalue weighted by atomic mass is 79.9. The summed E-state index contributed by atoms with van der Waals surface area (Å²) >= 11 is 3.37. The van der Waals surface area contributed by atoms with Gasteiger partial charge in [-0.25, -0.2) is 0 Å². The Hall–Kier alpha value is -2.00. The highest BCUT2D eigenvalue weighted by Gasteiger charge is 2.13. The molecular formula is C15H17BrN2O3. The van der Waals surface area contributed by atoms with Crippen LogP contribution in [0.2, 0.25) is 0 Å². The lowest BCUT2D eigenvalue weighted by molar-refractivity contribution is -0.117. The van der Waals surface area contributed by atoms with Crippen molar-refractivity contribution in [1.29, 1.82) is 5.26 Å². The number of hydrogen-bond donors (Lipinski definition) is 1. The largest absolute Gasteiger partial charge is 0.496 e. The number of ether oxygens (including phenoxy) is 2. The van der Waals surface area contributed by atoms with E-state index in [4.69, 9.17) is 14.7 Å². The third-order valence-electron chi connectivity index (χ3n) is 2.59. The smallest absolute Gasteiger partial charge is 0.262 e. The van der Waals surface area contributed by atoms with Crippen molar-refractivity contribution in [3.63, 3.8) is 0 Å². The van der Waals surface area contributed by atoms with Gasteiger partial charge in [0.05, 0.1) is 18.7 Å². The predicted molar refractivity (Wildman–Crippen MR) is 84.1 cm³/mol. The van der Waals surface area contributed by atoms with Crippen LogP contribution in [0.4, 0.5) is 0 Å². The maximum absolute atomic E-state index is 11.9. The third-order valence-corrected chi connectivity index (χ3v) is 3.21. The minimum atomic E-state index is -0.415. The predicted octanol–water partition coefficient (Wildman–Crippen LogP) is 2.90. The second kappa shape index (κ2) is 7.70. The molecule has 0 saturated carbocycles. The molecule has 5 nitrogen and oxygen atoms in total. The van der Waals surface area contributed by atoms with Gasteiger partial charge in [-0.15, -0.1) is 0 Å². The Balaban J connectivity index is 3.26. The van der Waals surface area contributed by atoms with Crippen LogP contribution in [-0.4, -0.2) is 26.2 Å². The molecule has 0 unspecified atom stereocenters. The highest BCUT2D eigenvalue weighted by molar-refractivity contribution is 9.10. The molecular weight excluding hydrogens is 336 g/mol. The number of nitriles is 1. The molecule has 6 heteroatoms. The molecule has 21 heavy (non-hydrogen) atoms. The van der Waals surface area contributed by atoms with Crippen LogP contribution in [0.25, 0.3) is 6.08 Å². The van der Waals surface area contributed by atoms with E-state index in [1.165, 1.54) is 13.2 Å². The SMILES string of the molecule is COc1cc(OC)c(/C=C(/C#N)C(=O)NC(C)C)cc1Br. The van der Waals surface area contributed by atoms with E-state index in [0.29, 0.717) is 21.5 Å². The van der Waals surface area contributed by atoms with E-state index in [1.807, 2.05) is 19.9 Å². The number of halogens is 1. The highest BCUT2D eigenvalue weighted by Crippen LogP contribution is 2.33. The minimum Gasteiger partial charge on any atom is -0.496 e. The van der Waals surface area contributed by atoms with Gasteiger partial charge in [0, 0.05) is 17.7 Å². The van der Waals surface area contributed by atoms with Gasteiger partial charge in [0.1, 0.15) is 23.1 Å². The van der Waals surface area contributed by atoms with E-state index in [-0.39, 0.29) is 11.6 Å². The zero-order chi connectivity index (χ0) is 16.0. The number of nitrogens with zero attached hydrogens (tertiary/aromatic N) is 1. The van der Waals surface area contributed by atoms with Gasteiger partial charge in [-0.1, -0.05) is 0 Å². The van der Waals surface area contributed by atoms with Gasteiger partial charge in [-0.3, -0.25) is 4.79 Å². The number of hydrogen-bond acceptors (Lipinski definition) is 4. The first-order chi connectivity index (χ1) is 9.92. The van der Waals surface area contributed by atoms with Crippen molar-refractivity contribution in [3.8, 4) is 17.6 Å². The van der Waals surface area contributed by atoms with Gasteiger partial charge >= 0.3 is 0 Å². The monoisotopic (exact) mass is 352 g/mol. The number of carbonyl (C=O) groups excluding carboxylic acids is 1.